The number of hydrogen-bond donors (Lipinski definition) is 0. The molecule has 0 saturated heterocycles. The van der Waals surface area contributed by atoms with Gasteiger partial charge in [0.1, 0.15) is 5.82 Å². The molecule has 0 fully saturated rings. The van der Waals surface area contributed by atoms with Crippen LogP contribution in [0.25, 0.3) is 11.4 Å². The molecule has 94 valence electrons. The van der Waals surface area contributed by atoms with Crippen LogP contribution in [0.2, 0.25) is 0 Å². The van der Waals surface area contributed by atoms with Gasteiger partial charge < -0.3 is 4.74 Å². The van der Waals surface area contributed by atoms with E-state index in [4.69, 9.17) is 0 Å². The van der Waals surface area contributed by atoms with Crippen molar-refractivity contribution in [2.24, 2.45) is 0 Å². The number of ether oxygens (including phenoxy) is 1. The summed E-state index contributed by atoms with van der Waals surface area (Å²) in [5, 5.41) is 11.7. The van der Waals surface area contributed by atoms with Gasteiger partial charge >= 0.3 is 5.97 Å². The number of esters is 1. The SMILES string of the molecule is COC(=O)CCn1nnc(-c2ccc(F)cc2)n1. The van der Waals surface area contributed by atoms with Gasteiger partial charge in [-0.3, -0.25) is 4.79 Å². The largest absolute Gasteiger partial charge is 0.469 e. The molecule has 0 radical (unpaired) electrons. The third kappa shape index (κ3) is 2.88. The van der Waals surface area contributed by atoms with Gasteiger partial charge in [0.2, 0.25) is 5.82 Å². The van der Waals surface area contributed by atoms with Crippen molar-refractivity contribution in [2.75, 3.05) is 7.11 Å². The van der Waals surface area contributed by atoms with Crippen molar-refractivity contribution in [1.82, 2.24) is 20.2 Å². The van der Waals surface area contributed by atoms with E-state index in [1.54, 1.807) is 12.1 Å². The van der Waals surface area contributed by atoms with Crippen LogP contribution in [0.5, 0.6) is 0 Å². The maximum atomic E-state index is 12.7. The summed E-state index contributed by atoms with van der Waals surface area (Å²) in [6.07, 6.45) is 0.176. The summed E-state index contributed by atoms with van der Waals surface area (Å²) < 4.78 is 17.2. The second kappa shape index (κ2) is 5.35. The summed E-state index contributed by atoms with van der Waals surface area (Å²) in [6, 6.07) is 5.78. The Morgan fingerprint density at radius 1 is 1.39 bits per heavy atom. The lowest BCUT2D eigenvalue weighted by atomic mass is 10.2. The molecule has 0 aliphatic heterocycles. The maximum Gasteiger partial charge on any atom is 0.307 e. The Hall–Kier alpha value is -2.31. The highest BCUT2D eigenvalue weighted by atomic mass is 19.1. The quantitative estimate of drug-likeness (QED) is 0.758. The molecular weight excluding hydrogens is 239 g/mol. The number of halogens is 1. The number of aryl methyl sites for hydroxylation is 1. The van der Waals surface area contributed by atoms with Crippen molar-refractivity contribution >= 4 is 5.97 Å². The van der Waals surface area contributed by atoms with Gasteiger partial charge in [-0.05, 0) is 29.5 Å². The predicted molar refractivity (Wildman–Crippen MR) is 59.8 cm³/mol. The van der Waals surface area contributed by atoms with Crippen LogP contribution in [-0.4, -0.2) is 33.3 Å². The molecule has 2 rings (SSSR count). The fourth-order valence-corrected chi connectivity index (χ4v) is 1.35. The summed E-state index contributed by atoms with van der Waals surface area (Å²) in [5.74, 6) is -0.271. The van der Waals surface area contributed by atoms with Gasteiger partial charge in [0.25, 0.3) is 0 Å². The van der Waals surface area contributed by atoms with Crippen molar-refractivity contribution < 1.29 is 13.9 Å². The molecule has 6 nitrogen and oxygen atoms in total. The van der Waals surface area contributed by atoms with Crippen molar-refractivity contribution in [3.8, 4) is 11.4 Å². The summed E-state index contributed by atoms with van der Waals surface area (Å²) in [7, 11) is 1.32. The minimum Gasteiger partial charge on any atom is -0.469 e. The van der Waals surface area contributed by atoms with Crippen LogP contribution in [0.15, 0.2) is 24.3 Å². The van der Waals surface area contributed by atoms with Crippen LogP contribution in [0.1, 0.15) is 6.42 Å². The fourth-order valence-electron chi connectivity index (χ4n) is 1.35. The first-order chi connectivity index (χ1) is 8.69. The lowest BCUT2D eigenvalue weighted by Crippen LogP contribution is -2.09. The molecule has 1 aromatic carbocycles. The highest BCUT2D eigenvalue weighted by Gasteiger charge is 2.07. The third-order valence-electron chi connectivity index (χ3n) is 2.30. The molecular formula is C11H11FN4O2. The summed E-state index contributed by atoms with van der Waals surface area (Å²) in [6.45, 7) is 0.293. The number of nitrogens with zero attached hydrogens (tertiary/aromatic N) is 4. The van der Waals surface area contributed by atoms with Gasteiger partial charge in [-0.2, -0.15) is 4.80 Å². The molecule has 0 unspecified atom stereocenters. The lowest BCUT2D eigenvalue weighted by molar-refractivity contribution is -0.140. The number of carbonyl (C=O) groups excluding carboxylic acids is 1. The second-order valence-corrected chi connectivity index (χ2v) is 3.54. The molecule has 0 aliphatic carbocycles. The van der Waals surface area contributed by atoms with Gasteiger partial charge in [-0.15, -0.1) is 10.2 Å². The Balaban J connectivity index is 2.06. The highest BCUT2D eigenvalue weighted by Crippen LogP contribution is 2.13. The van der Waals surface area contributed by atoms with Gasteiger partial charge in [-0.1, -0.05) is 0 Å². The number of aromatic nitrogens is 4. The highest BCUT2D eigenvalue weighted by molar-refractivity contribution is 5.68. The van der Waals surface area contributed by atoms with E-state index in [-0.39, 0.29) is 18.2 Å². The molecule has 2 aromatic rings. The van der Waals surface area contributed by atoms with Gasteiger partial charge in [-0.25, -0.2) is 4.39 Å². The van der Waals surface area contributed by atoms with Crippen LogP contribution in [0, 0.1) is 5.82 Å². The van der Waals surface area contributed by atoms with Gasteiger partial charge in [0.05, 0.1) is 20.1 Å². The standard InChI is InChI=1S/C11H11FN4O2/c1-18-10(17)6-7-16-14-11(13-15-16)8-2-4-9(12)5-3-8/h2-5H,6-7H2,1H3. The van der Waals surface area contributed by atoms with Crippen molar-refractivity contribution in [3.63, 3.8) is 0 Å². The lowest BCUT2D eigenvalue weighted by Gasteiger charge is -1.97. The van der Waals surface area contributed by atoms with Crippen LogP contribution in [0.3, 0.4) is 0 Å². The van der Waals surface area contributed by atoms with Crippen molar-refractivity contribution in [3.05, 3.63) is 30.1 Å². The van der Waals surface area contributed by atoms with E-state index in [0.29, 0.717) is 17.9 Å². The van der Waals surface area contributed by atoms with E-state index in [9.17, 15) is 9.18 Å². The zero-order valence-electron chi connectivity index (χ0n) is 9.71. The number of carbonyl (C=O) groups is 1. The molecule has 1 aromatic heterocycles. The first kappa shape index (κ1) is 12.2. The van der Waals surface area contributed by atoms with E-state index >= 15 is 0 Å². The van der Waals surface area contributed by atoms with E-state index in [2.05, 4.69) is 20.1 Å². The topological polar surface area (TPSA) is 69.9 Å². The zero-order chi connectivity index (χ0) is 13.0. The summed E-state index contributed by atoms with van der Waals surface area (Å²) >= 11 is 0. The molecule has 0 aliphatic rings. The van der Waals surface area contributed by atoms with Crippen LogP contribution in [-0.2, 0) is 16.1 Å². The molecule has 0 saturated carbocycles. The van der Waals surface area contributed by atoms with E-state index in [1.807, 2.05) is 0 Å². The third-order valence-corrected chi connectivity index (χ3v) is 2.30. The first-order valence-electron chi connectivity index (χ1n) is 5.29. The van der Waals surface area contributed by atoms with Crippen LogP contribution in [0.4, 0.5) is 4.39 Å². The summed E-state index contributed by atoms with van der Waals surface area (Å²) in [4.78, 5) is 12.2. The summed E-state index contributed by atoms with van der Waals surface area (Å²) in [5.41, 5.74) is 0.667. The molecule has 0 atom stereocenters. The smallest absolute Gasteiger partial charge is 0.307 e. The van der Waals surface area contributed by atoms with Crippen LogP contribution < -0.4 is 0 Å². The molecule has 7 heteroatoms. The number of benzene rings is 1. The Morgan fingerprint density at radius 2 is 2.11 bits per heavy atom. The van der Waals surface area contributed by atoms with E-state index in [0.717, 1.165) is 0 Å². The molecule has 0 amide bonds. The fraction of sp³-hybridized carbons (Fsp3) is 0.273. The normalized spacial score (nSPS) is 10.3. The van der Waals surface area contributed by atoms with Gasteiger partial charge in [0.15, 0.2) is 0 Å². The second-order valence-electron chi connectivity index (χ2n) is 3.54. The van der Waals surface area contributed by atoms with Crippen molar-refractivity contribution in [1.29, 1.82) is 0 Å². The number of rotatable bonds is 4. The first-order valence-corrected chi connectivity index (χ1v) is 5.29. The number of tetrazole rings is 1. The Labute approximate surface area is 102 Å². The number of hydrogen-bond acceptors (Lipinski definition) is 5. The van der Waals surface area contributed by atoms with Crippen molar-refractivity contribution in [2.45, 2.75) is 13.0 Å². The minimum absolute atomic E-state index is 0.176. The monoisotopic (exact) mass is 250 g/mol. The Bertz CT molecular complexity index is 538. The molecule has 0 N–H and O–H groups in total. The average Bonchev–Trinajstić information content (AvgIpc) is 2.85. The predicted octanol–water partition coefficient (Wildman–Crippen LogP) is 1.04. The Morgan fingerprint density at radius 3 is 2.78 bits per heavy atom. The van der Waals surface area contributed by atoms with E-state index in [1.165, 1.54) is 24.0 Å². The van der Waals surface area contributed by atoms with E-state index < -0.39 is 0 Å². The Kier molecular flexibility index (Phi) is 3.61. The molecule has 1 heterocycles. The molecule has 0 bridgehead atoms. The minimum atomic E-state index is -0.337. The molecule has 0 spiro atoms. The van der Waals surface area contributed by atoms with Gasteiger partial charge in [0, 0.05) is 5.56 Å². The number of methoxy groups -OCH3 is 1. The molecule has 18 heavy (non-hydrogen) atoms. The zero-order valence-corrected chi connectivity index (χ0v) is 9.71. The van der Waals surface area contributed by atoms with Crippen LogP contribution >= 0.6 is 0 Å². The average molecular weight is 250 g/mol. The maximum absolute atomic E-state index is 12.7.